The summed E-state index contributed by atoms with van der Waals surface area (Å²) in [5.41, 5.74) is 1.27. The molecule has 2 aromatic carbocycles. The van der Waals surface area contributed by atoms with Gasteiger partial charge in [0, 0.05) is 0 Å². The first-order valence-corrected chi connectivity index (χ1v) is 8.79. The van der Waals surface area contributed by atoms with E-state index < -0.39 is 0 Å². The number of aromatic nitrogens is 2. The van der Waals surface area contributed by atoms with Crippen molar-refractivity contribution < 1.29 is 4.79 Å². The summed E-state index contributed by atoms with van der Waals surface area (Å²) < 4.78 is 0.987. The topological polar surface area (TPSA) is 90.0 Å². The van der Waals surface area contributed by atoms with Crippen molar-refractivity contribution in [2.45, 2.75) is 18.1 Å². The fraction of sp³-hybridized carbons (Fsp3) is 0.167. The molecule has 0 saturated carbocycles. The van der Waals surface area contributed by atoms with Gasteiger partial charge in [0.1, 0.15) is 0 Å². The summed E-state index contributed by atoms with van der Waals surface area (Å²) in [6.07, 6.45) is 0. The highest BCUT2D eigenvalue weighted by molar-refractivity contribution is 7.99. The predicted molar refractivity (Wildman–Crippen MR) is 99.9 cm³/mol. The summed E-state index contributed by atoms with van der Waals surface area (Å²) in [7, 11) is 0. The van der Waals surface area contributed by atoms with E-state index in [0.717, 1.165) is 22.0 Å². The SMILES string of the molecule is C[C@@H](NC(=O)CSc1nc2ccccc2c(=O)n1N)c1ccccc1. The molecule has 0 aliphatic carbocycles. The van der Waals surface area contributed by atoms with E-state index >= 15 is 0 Å². The lowest BCUT2D eigenvalue weighted by atomic mass is 10.1. The number of thioether (sulfide) groups is 1. The van der Waals surface area contributed by atoms with Crippen LogP contribution >= 0.6 is 11.8 Å². The van der Waals surface area contributed by atoms with Crippen molar-refractivity contribution in [1.82, 2.24) is 15.0 Å². The van der Waals surface area contributed by atoms with Crippen molar-refractivity contribution in [3.05, 3.63) is 70.5 Å². The highest BCUT2D eigenvalue weighted by Gasteiger charge is 2.13. The first-order valence-electron chi connectivity index (χ1n) is 7.80. The molecule has 3 N–H and O–H groups in total. The van der Waals surface area contributed by atoms with Crippen LogP contribution in [0.2, 0.25) is 0 Å². The van der Waals surface area contributed by atoms with Gasteiger partial charge in [-0.1, -0.05) is 54.2 Å². The van der Waals surface area contributed by atoms with Crippen molar-refractivity contribution in [3.8, 4) is 0 Å². The average molecular weight is 354 g/mol. The molecule has 0 bridgehead atoms. The Hall–Kier alpha value is -2.80. The van der Waals surface area contributed by atoms with E-state index in [1.807, 2.05) is 37.3 Å². The molecule has 1 amide bonds. The van der Waals surface area contributed by atoms with E-state index in [2.05, 4.69) is 10.3 Å². The van der Waals surface area contributed by atoms with Crippen LogP contribution in [0.15, 0.2) is 64.5 Å². The molecule has 1 heterocycles. The average Bonchev–Trinajstić information content (AvgIpc) is 2.64. The van der Waals surface area contributed by atoms with Crippen LogP contribution in [0.1, 0.15) is 18.5 Å². The van der Waals surface area contributed by atoms with Crippen LogP contribution in [0.25, 0.3) is 10.9 Å². The maximum Gasteiger partial charge on any atom is 0.280 e. The zero-order chi connectivity index (χ0) is 17.8. The van der Waals surface area contributed by atoms with Crippen molar-refractivity contribution in [3.63, 3.8) is 0 Å². The van der Waals surface area contributed by atoms with E-state index in [1.54, 1.807) is 24.3 Å². The number of nitrogen functional groups attached to an aromatic ring is 1. The molecule has 3 aromatic rings. The summed E-state index contributed by atoms with van der Waals surface area (Å²) in [6, 6.07) is 16.6. The van der Waals surface area contributed by atoms with Crippen LogP contribution in [0.4, 0.5) is 0 Å². The molecule has 0 spiro atoms. The van der Waals surface area contributed by atoms with Crippen LogP contribution < -0.4 is 16.7 Å². The lowest BCUT2D eigenvalue weighted by Crippen LogP contribution is -2.31. The normalized spacial score (nSPS) is 12.0. The lowest BCUT2D eigenvalue weighted by Gasteiger charge is -2.14. The summed E-state index contributed by atoms with van der Waals surface area (Å²) in [5.74, 6) is 5.79. The van der Waals surface area contributed by atoms with Crippen LogP contribution in [-0.2, 0) is 4.79 Å². The van der Waals surface area contributed by atoms with Gasteiger partial charge >= 0.3 is 0 Å². The monoisotopic (exact) mass is 354 g/mol. The molecule has 0 aliphatic rings. The van der Waals surface area contributed by atoms with Crippen molar-refractivity contribution >= 4 is 28.6 Å². The maximum atomic E-state index is 12.2. The van der Waals surface area contributed by atoms with Gasteiger partial charge in [-0.2, -0.15) is 0 Å². The first-order chi connectivity index (χ1) is 12.1. The second-order valence-corrected chi connectivity index (χ2v) is 6.52. The van der Waals surface area contributed by atoms with Gasteiger partial charge in [-0.05, 0) is 24.6 Å². The number of hydrogen-bond acceptors (Lipinski definition) is 5. The van der Waals surface area contributed by atoms with Crippen LogP contribution in [-0.4, -0.2) is 21.3 Å². The van der Waals surface area contributed by atoms with Crippen molar-refractivity contribution in [2.24, 2.45) is 0 Å². The summed E-state index contributed by atoms with van der Waals surface area (Å²) in [6.45, 7) is 1.92. The minimum absolute atomic E-state index is 0.0982. The summed E-state index contributed by atoms with van der Waals surface area (Å²) >= 11 is 1.14. The van der Waals surface area contributed by atoms with E-state index in [4.69, 9.17) is 5.84 Å². The number of carbonyl (C=O) groups excluding carboxylic acids is 1. The number of nitrogens with zero attached hydrogens (tertiary/aromatic N) is 2. The van der Waals surface area contributed by atoms with E-state index in [0.29, 0.717) is 16.1 Å². The molecule has 0 unspecified atom stereocenters. The van der Waals surface area contributed by atoms with Gasteiger partial charge in [-0.15, -0.1) is 0 Å². The molecule has 0 saturated heterocycles. The lowest BCUT2D eigenvalue weighted by molar-refractivity contribution is -0.119. The van der Waals surface area contributed by atoms with Crippen LogP contribution in [0.5, 0.6) is 0 Å². The number of hydrogen-bond donors (Lipinski definition) is 2. The number of rotatable bonds is 5. The molecule has 1 aromatic heterocycles. The van der Waals surface area contributed by atoms with Gasteiger partial charge in [-0.25, -0.2) is 9.66 Å². The molecule has 0 fully saturated rings. The zero-order valence-corrected chi connectivity index (χ0v) is 14.5. The number of nitrogens with two attached hydrogens (primary N) is 1. The third kappa shape index (κ3) is 3.83. The van der Waals surface area contributed by atoms with E-state index in [-0.39, 0.29) is 23.3 Å². The number of fused-ring (bicyclic) bond motifs is 1. The number of nitrogens with one attached hydrogen (secondary N) is 1. The van der Waals surface area contributed by atoms with Gasteiger partial charge in [0.2, 0.25) is 5.91 Å². The van der Waals surface area contributed by atoms with Gasteiger partial charge in [0.15, 0.2) is 5.16 Å². The Morgan fingerprint density at radius 2 is 1.88 bits per heavy atom. The number of amides is 1. The van der Waals surface area contributed by atoms with E-state index in [9.17, 15) is 9.59 Å². The highest BCUT2D eigenvalue weighted by atomic mass is 32.2. The Balaban J connectivity index is 1.69. The Labute approximate surface area is 149 Å². The fourth-order valence-electron chi connectivity index (χ4n) is 2.47. The maximum absolute atomic E-state index is 12.2. The molecule has 7 heteroatoms. The van der Waals surface area contributed by atoms with Gasteiger partial charge in [0.05, 0.1) is 22.7 Å². The largest absolute Gasteiger partial charge is 0.349 e. The Bertz CT molecular complexity index is 956. The van der Waals surface area contributed by atoms with Gasteiger partial charge < -0.3 is 11.2 Å². The molecular formula is C18H18N4O2S. The standard InChI is InChI=1S/C18H18N4O2S/c1-12(13-7-3-2-4-8-13)20-16(23)11-25-18-21-15-10-6-5-9-14(15)17(24)22(18)19/h2-10,12H,11,19H2,1H3,(H,20,23)/t12-/m1/s1. The summed E-state index contributed by atoms with van der Waals surface area (Å²) in [5, 5.41) is 3.69. The zero-order valence-electron chi connectivity index (χ0n) is 13.7. The van der Waals surface area contributed by atoms with E-state index in [1.165, 1.54) is 0 Å². The molecule has 128 valence electrons. The molecule has 1 atom stereocenters. The number of benzene rings is 2. The number of para-hydroxylation sites is 1. The Kier molecular flexibility index (Phi) is 5.04. The Morgan fingerprint density at radius 1 is 1.20 bits per heavy atom. The third-order valence-electron chi connectivity index (χ3n) is 3.78. The molecular weight excluding hydrogens is 336 g/mol. The fourth-order valence-corrected chi connectivity index (χ4v) is 3.19. The quantitative estimate of drug-likeness (QED) is 0.416. The first kappa shape index (κ1) is 17.0. The van der Waals surface area contributed by atoms with Gasteiger partial charge in [-0.3, -0.25) is 9.59 Å². The second kappa shape index (κ2) is 7.40. The Morgan fingerprint density at radius 3 is 2.64 bits per heavy atom. The minimum atomic E-state index is -0.328. The smallest absolute Gasteiger partial charge is 0.280 e. The molecule has 0 radical (unpaired) electrons. The van der Waals surface area contributed by atoms with Crippen molar-refractivity contribution in [2.75, 3.05) is 11.6 Å². The molecule has 0 aliphatic heterocycles. The van der Waals surface area contributed by atoms with Crippen LogP contribution in [0, 0.1) is 0 Å². The van der Waals surface area contributed by atoms with Gasteiger partial charge in [0.25, 0.3) is 5.56 Å². The predicted octanol–water partition coefficient (Wildman–Crippen LogP) is 2.08. The third-order valence-corrected chi connectivity index (χ3v) is 4.74. The number of carbonyl (C=O) groups is 1. The molecule has 3 rings (SSSR count). The second-order valence-electron chi connectivity index (χ2n) is 5.58. The van der Waals surface area contributed by atoms with Crippen molar-refractivity contribution in [1.29, 1.82) is 0 Å². The minimum Gasteiger partial charge on any atom is -0.349 e. The highest BCUT2D eigenvalue weighted by Crippen LogP contribution is 2.17. The molecule has 6 nitrogen and oxygen atoms in total. The van der Waals surface area contributed by atoms with Crippen LogP contribution in [0.3, 0.4) is 0 Å². The summed E-state index contributed by atoms with van der Waals surface area (Å²) in [4.78, 5) is 28.8. The molecule has 25 heavy (non-hydrogen) atoms.